The SMILES string of the molecule is COc1ccccc1/C=C1/Oc2cc(OCC(=O)c3ccc(C)c(C)c3)ccc2C1=O. The summed E-state index contributed by atoms with van der Waals surface area (Å²) in [6, 6.07) is 17.9. The van der Waals surface area contributed by atoms with Gasteiger partial charge in [0.2, 0.25) is 5.78 Å². The van der Waals surface area contributed by atoms with Crippen LogP contribution in [0.3, 0.4) is 0 Å². The molecule has 0 fully saturated rings. The maximum atomic E-state index is 12.7. The van der Waals surface area contributed by atoms with E-state index in [4.69, 9.17) is 14.2 Å². The van der Waals surface area contributed by atoms with Crippen molar-refractivity contribution in [2.75, 3.05) is 13.7 Å². The summed E-state index contributed by atoms with van der Waals surface area (Å²) in [5.41, 5.74) is 4.00. The summed E-state index contributed by atoms with van der Waals surface area (Å²) in [6.45, 7) is 3.87. The fourth-order valence-corrected chi connectivity index (χ4v) is 3.33. The van der Waals surface area contributed by atoms with E-state index in [1.165, 1.54) is 0 Å². The van der Waals surface area contributed by atoms with Gasteiger partial charge < -0.3 is 14.2 Å². The molecule has 31 heavy (non-hydrogen) atoms. The zero-order chi connectivity index (χ0) is 22.0. The first-order chi connectivity index (χ1) is 15.0. The van der Waals surface area contributed by atoms with Crippen LogP contribution in [0.1, 0.15) is 37.4 Å². The molecule has 0 aliphatic carbocycles. The van der Waals surface area contributed by atoms with Gasteiger partial charge in [-0.15, -0.1) is 0 Å². The number of aryl methyl sites for hydroxylation is 2. The van der Waals surface area contributed by atoms with Crippen molar-refractivity contribution in [2.24, 2.45) is 0 Å². The Bertz CT molecular complexity index is 1210. The van der Waals surface area contributed by atoms with Gasteiger partial charge in [0.05, 0.1) is 12.7 Å². The highest BCUT2D eigenvalue weighted by Crippen LogP contribution is 2.35. The number of carbonyl (C=O) groups is 2. The molecule has 4 rings (SSSR count). The Kier molecular flexibility index (Phi) is 5.58. The Morgan fingerprint density at radius 1 is 1.00 bits per heavy atom. The van der Waals surface area contributed by atoms with Crippen molar-refractivity contribution >= 4 is 17.6 Å². The summed E-state index contributed by atoms with van der Waals surface area (Å²) in [6.07, 6.45) is 1.66. The van der Waals surface area contributed by atoms with Gasteiger partial charge in [0.15, 0.2) is 18.1 Å². The molecule has 156 valence electrons. The Morgan fingerprint density at radius 2 is 1.81 bits per heavy atom. The molecule has 3 aromatic rings. The molecule has 0 N–H and O–H groups in total. The highest BCUT2D eigenvalue weighted by molar-refractivity contribution is 6.14. The van der Waals surface area contributed by atoms with Crippen LogP contribution in [-0.4, -0.2) is 25.3 Å². The largest absolute Gasteiger partial charge is 0.496 e. The summed E-state index contributed by atoms with van der Waals surface area (Å²) in [7, 11) is 1.58. The lowest BCUT2D eigenvalue weighted by molar-refractivity contribution is 0.0920. The van der Waals surface area contributed by atoms with Crippen LogP contribution < -0.4 is 14.2 Å². The van der Waals surface area contributed by atoms with E-state index >= 15 is 0 Å². The maximum Gasteiger partial charge on any atom is 0.231 e. The molecule has 0 unspecified atom stereocenters. The average molecular weight is 414 g/mol. The van der Waals surface area contributed by atoms with Crippen molar-refractivity contribution in [3.8, 4) is 17.2 Å². The smallest absolute Gasteiger partial charge is 0.231 e. The third kappa shape index (κ3) is 4.21. The number of Topliss-reactive ketones (excluding diaryl/α,β-unsaturated/α-hetero) is 2. The zero-order valence-corrected chi connectivity index (χ0v) is 17.6. The quantitative estimate of drug-likeness (QED) is 0.410. The van der Waals surface area contributed by atoms with Gasteiger partial charge in [0.1, 0.15) is 17.2 Å². The summed E-state index contributed by atoms with van der Waals surface area (Å²) in [5.74, 6) is 1.40. The van der Waals surface area contributed by atoms with E-state index in [1.54, 1.807) is 37.5 Å². The van der Waals surface area contributed by atoms with E-state index in [0.29, 0.717) is 28.4 Å². The topological polar surface area (TPSA) is 61.8 Å². The van der Waals surface area contributed by atoms with Gasteiger partial charge in [0.25, 0.3) is 0 Å². The molecule has 0 atom stereocenters. The Balaban J connectivity index is 1.49. The van der Waals surface area contributed by atoms with Crippen molar-refractivity contribution in [1.29, 1.82) is 0 Å². The van der Waals surface area contributed by atoms with Gasteiger partial charge in [-0.3, -0.25) is 9.59 Å². The third-order valence-corrected chi connectivity index (χ3v) is 5.27. The molecular formula is C26H22O5. The first-order valence-electron chi connectivity index (χ1n) is 9.91. The van der Waals surface area contributed by atoms with Crippen LogP contribution in [0, 0.1) is 13.8 Å². The molecule has 1 aliphatic rings. The molecule has 3 aromatic carbocycles. The van der Waals surface area contributed by atoms with Crippen molar-refractivity contribution < 1.29 is 23.8 Å². The minimum atomic E-state index is -0.210. The molecule has 5 heteroatoms. The van der Waals surface area contributed by atoms with Crippen LogP contribution in [0.5, 0.6) is 17.2 Å². The van der Waals surface area contributed by atoms with Crippen LogP contribution in [0.25, 0.3) is 6.08 Å². The number of hydrogen-bond acceptors (Lipinski definition) is 5. The number of ether oxygens (including phenoxy) is 3. The summed E-state index contributed by atoms with van der Waals surface area (Å²) in [4.78, 5) is 25.1. The van der Waals surface area contributed by atoms with Crippen molar-refractivity contribution in [2.45, 2.75) is 13.8 Å². The molecule has 0 bridgehead atoms. The third-order valence-electron chi connectivity index (χ3n) is 5.27. The molecule has 0 saturated carbocycles. The van der Waals surface area contributed by atoms with Crippen LogP contribution in [0.15, 0.2) is 66.4 Å². The summed E-state index contributed by atoms with van der Waals surface area (Å²) < 4.78 is 16.8. The highest BCUT2D eigenvalue weighted by atomic mass is 16.5. The molecule has 0 amide bonds. The van der Waals surface area contributed by atoms with Crippen molar-refractivity contribution in [1.82, 2.24) is 0 Å². The van der Waals surface area contributed by atoms with Gasteiger partial charge in [-0.1, -0.05) is 30.3 Å². The minimum absolute atomic E-state index is 0.0981. The number of ketones is 2. The van der Waals surface area contributed by atoms with E-state index in [0.717, 1.165) is 16.7 Å². The van der Waals surface area contributed by atoms with Crippen LogP contribution in [0.2, 0.25) is 0 Å². The lowest BCUT2D eigenvalue weighted by atomic mass is 10.0. The second kappa shape index (κ2) is 8.48. The second-order valence-electron chi connectivity index (χ2n) is 7.35. The number of methoxy groups -OCH3 is 1. The number of benzene rings is 3. The van der Waals surface area contributed by atoms with Crippen LogP contribution in [0.4, 0.5) is 0 Å². The molecule has 1 aliphatic heterocycles. The number of rotatable bonds is 6. The van der Waals surface area contributed by atoms with Gasteiger partial charge in [-0.2, -0.15) is 0 Å². The van der Waals surface area contributed by atoms with Crippen LogP contribution >= 0.6 is 0 Å². The molecule has 0 saturated heterocycles. The summed E-state index contributed by atoms with van der Waals surface area (Å²) >= 11 is 0. The number of para-hydroxylation sites is 1. The molecule has 5 nitrogen and oxygen atoms in total. The number of carbonyl (C=O) groups excluding carboxylic acids is 2. The zero-order valence-electron chi connectivity index (χ0n) is 17.6. The van der Waals surface area contributed by atoms with Crippen LogP contribution in [-0.2, 0) is 0 Å². The van der Waals surface area contributed by atoms with E-state index in [9.17, 15) is 9.59 Å². The van der Waals surface area contributed by atoms with Crippen molar-refractivity contribution in [3.05, 3.63) is 94.2 Å². The fourth-order valence-electron chi connectivity index (χ4n) is 3.33. The normalized spacial score (nSPS) is 13.6. The fraction of sp³-hybridized carbons (Fsp3) is 0.154. The van der Waals surface area contributed by atoms with E-state index < -0.39 is 0 Å². The Morgan fingerprint density at radius 3 is 2.58 bits per heavy atom. The van der Waals surface area contributed by atoms with E-state index in [1.807, 2.05) is 50.2 Å². The molecule has 0 radical (unpaired) electrons. The van der Waals surface area contributed by atoms with Gasteiger partial charge in [-0.05, 0) is 55.3 Å². The first kappa shape index (κ1) is 20.4. The molecule has 1 heterocycles. The minimum Gasteiger partial charge on any atom is -0.496 e. The monoisotopic (exact) mass is 414 g/mol. The Labute approximate surface area is 180 Å². The number of allylic oxidation sites excluding steroid dienone is 1. The average Bonchev–Trinajstić information content (AvgIpc) is 3.09. The van der Waals surface area contributed by atoms with E-state index in [-0.39, 0.29) is 23.9 Å². The van der Waals surface area contributed by atoms with Gasteiger partial charge in [0, 0.05) is 17.2 Å². The van der Waals surface area contributed by atoms with E-state index in [2.05, 4.69) is 0 Å². The maximum absolute atomic E-state index is 12.7. The highest BCUT2D eigenvalue weighted by Gasteiger charge is 2.28. The lowest BCUT2D eigenvalue weighted by Crippen LogP contribution is -2.12. The van der Waals surface area contributed by atoms with Gasteiger partial charge >= 0.3 is 0 Å². The molecule has 0 spiro atoms. The standard InChI is InChI=1S/C26H22O5/c1-16-8-9-18(12-17(16)2)22(27)15-30-20-10-11-21-24(14-20)31-25(26(21)28)13-19-6-4-5-7-23(19)29-3/h4-14H,15H2,1-3H3/b25-13+. The lowest BCUT2D eigenvalue weighted by Gasteiger charge is -2.08. The van der Waals surface area contributed by atoms with Gasteiger partial charge in [-0.25, -0.2) is 0 Å². The Hall–Kier alpha value is -3.86. The molecular weight excluding hydrogens is 392 g/mol. The number of hydrogen-bond donors (Lipinski definition) is 0. The summed E-state index contributed by atoms with van der Waals surface area (Å²) in [5, 5.41) is 0. The number of fused-ring (bicyclic) bond motifs is 1. The predicted molar refractivity (Wildman–Crippen MR) is 118 cm³/mol. The predicted octanol–water partition coefficient (Wildman–Crippen LogP) is 5.19. The second-order valence-corrected chi connectivity index (χ2v) is 7.35. The molecule has 0 aromatic heterocycles. The first-order valence-corrected chi connectivity index (χ1v) is 9.91. The van der Waals surface area contributed by atoms with Crippen molar-refractivity contribution in [3.63, 3.8) is 0 Å².